The van der Waals surface area contributed by atoms with Gasteiger partial charge in [-0.1, -0.05) is 6.07 Å². The highest BCUT2D eigenvalue weighted by atomic mass is 19.1. The van der Waals surface area contributed by atoms with Crippen molar-refractivity contribution in [2.24, 2.45) is 0 Å². The van der Waals surface area contributed by atoms with Crippen molar-refractivity contribution in [3.63, 3.8) is 0 Å². The molecule has 0 radical (unpaired) electrons. The van der Waals surface area contributed by atoms with E-state index in [1.165, 1.54) is 6.07 Å². The molecule has 6 heteroatoms. The van der Waals surface area contributed by atoms with E-state index in [9.17, 15) is 9.50 Å². The molecular weight excluding hydrogens is 283 g/mol. The van der Waals surface area contributed by atoms with Crippen molar-refractivity contribution in [2.45, 2.75) is 32.5 Å². The number of hydrogen-bond donors (Lipinski definition) is 2. The summed E-state index contributed by atoms with van der Waals surface area (Å²) < 4.78 is 13.7. The third-order valence-corrected chi connectivity index (χ3v) is 4.23. The number of rotatable bonds is 4. The fourth-order valence-electron chi connectivity index (χ4n) is 3.16. The number of benzene rings is 1. The van der Waals surface area contributed by atoms with Crippen molar-refractivity contribution in [3.8, 4) is 0 Å². The van der Waals surface area contributed by atoms with Gasteiger partial charge in [0, 0.05) is 32.2 Å². The van der Waals surface area contributed by atoms with Gasteiger partial charge in [0.25, 0.3) is 0 Å². The minimum Gasteiger partial charge on any atom is -0.392 e. The molecule has 2 N–H and O–H groups in total. The summed E-state index contributed by atoms with van der Waals surface area (Å²) in [6.45, 7) is 8.18. The standard InChI is InChI=1S/C16H23FN4O/c1-11-8-20(6-7-21(11)9-12(2)22)10-15-18-14-5-3-4-13(17)16(14)19-15/h3-5,11-12,22H,6-10H2,1-2H3,(H,18,19). The molecule has 1 aliphatic heterocycles. The number of hydrogen-bond acceptors (Lipinski definition) is 4. The van der Waals surface area contributed by atoms with Crippen LogP contribution in [-0.4, -0.2) is 63.2 Å². The zero-order chi connectivity index (χ0) is 15.7. The Hall–Kier alpha value is -1.50. The van der Waals surface area contributed by atoms with Crippen molar-refractivity contribution in [1.82, 2.24) is 19.8 Å². The first kappa shape index (κ1) is 15.4. The number of aliphatic hydroxyl groups excluding tert-OH is 1. The lowest BCUT2D eigenvalue weighted by molar-refractivity contribution is 0.0415. The Bertz CT molecular complexity index is 642. The van der Waals surface area contributed by atoms with Gasteiger partial charge in [0.1, 0.15) is 11.3 Å². The van der Waals surface area contributed by atoms with Gasteiger partial charge in [0.2, 0.25) is 0 Å². The molecule has 1 aromatic carbocycles. The number of aromatic amines is 1. The van der Waals surface area contributed by atoms with Gasteiger partial charge in [-0.05, 0) is 26.0 Å². The molecule has 0 amide bonds. The number of imidazole rings is 1. The van der Waals surface area contributed by atoms with Crippen LogP contribution in [0.3, 0.4) is 0 Å². The van der Waals surface area contributed by atoms with Gasteiger partial charge >= 0.3 is 0 Å². The van der Waals surface area contributed by atoms with Crippen LogP contribution in [0.4, 0.5) is 4.39 Å². The molecule has 0 bridgehead atoms. The summed E-state index contributed by atoms with van der Waals surface area (Å²) in [6, 6.07) is 5.36. The highest BCUT2D eigenvalue weighted by Gasteiger charge is 2.25. The second-order valence-electron chi connectivity index (χ2n) is 6.25. The average molecular weight is 306 g/mol. The van der Waals surface area contributed by atoms with E-state index < -0.39 is 0 Å². The van der Waals surface area contributed by atoms with E-state index in [0.717, 1.165) is 31.0 Å². The zero-order valence-corrected chi connectivity index (χ0v) is 13.1. The highest BCUT2D eigenvalue weighted by molar-refractivity contribution is 5.75. The molecule has 0 aliphatic carbocycles. The van der Waals surface area contributed by atoms with Crippen LogP contribution in [-0.2, 0) is 6.54 Å². The van der Waals surface area contributed by atoms with Crippen LogP contribution in [0.1, 0.15) is 19.7 Å². The molecule has 0 saturated carbocycles. The number of nitrogens with zero attached hydrogens (tertiary/aromatic N) is 3. The molecule has 1 saturated heterocycles. The van der Waals surface area contributed by atoms with Gasteiger partial charge in [0.15, 0.2) is 5.82 Å². The van der Waals surface area contributed by atoms with Crippen molar-refractivity contribution < 1.29 is 9.50 Å². The van der Waals surface area contributed by atoms with Crippen LogP contribution >= 0.6 is 0 Å². The summed E-state index contributed by atoms with van der Waals surface area (Å²) in [7, 11) is 0. The molecule has 3 rings (SSSR count). The van der Waals surface area contributed by atoms with Gasteiger partial charge in [-0.3, -0.25) is 9.80 Å². The largest absolute Gasteiger partial charge is 0.392 e. The lowest BCUT2D eigenvalue weighted by atomic mass is 10.1. The van der Waals surface area contributed by atoms with Gasteiger partial charge in [-0.15, -0.1) is 0 Å². The molecule has 5 nitrogen and oxygen atoms in total. The minimum absolute atomic E-state index is 0.282. The number of halogens is 1. The van der Waals surface area contributed by atoms with Crippen LogP contribution < -0.4 is 0 Å². The number of fused-ring (bicyclic) bond motifs is 1. The summed E-state index contributed by atoms with van der Waals surface area (Å²) in [5.41, 5.74) is 1.16. The Morgan fingerprint density at radius 2 is 2.27 bits per heavy atom. The summed E-state index contributed by atoms with van der Waals surface area (Å²) in [5.74, 6) is 0.520. The van der Waals surface area contributed by atoms with E-state index in [4.69, 9.17) is 0 Å². The zero-order valence-electron chi connectivity index (χ0n) is 13.1. The highest BCUT2D eigenvalue weighted by Crippen LogP contribution is 2.17. The smallest absolute Gasteiger partial charge is 0.151 e. The SMILES string of the molecule is CC(O)CN1CCN(Cc2nc3c(F)cccc3[nH]2)CC1C. The van der Waals surface area contributed by atoms with Crippen LogP contribution in [0.5, 0.6) is 0 Å². The first-order chi connectivity index (χ1) is 10.5. The molecule has 1 aromatic heterocycles. The number of aliphatic hydroxyl groups is 1. The molecule has 1 aliphatic rings. The summed E-state index contributed by atoms with van der Waals surface area (Å²) in [6.07, 6.45) is -0.299. The second kappa shape index (κ2) is 6.32. The summed E-state index contributed by atoms with van der Waals surface area (Å²) >= 11 is 0. The maximum atomic E-state index is 13.7. The van der Waals surface area contributed by atoms with Crippen molar-refractivity contribution >= 4 is 11.0 Å². The number of para-hydroxylation sites is 1. The van der Waals surface area contributed by atoms with Gasteiger partial charge < -0.3 is 10.1 Å². The van der Waals surface area contributed by atoms with Crippen molar-refractivity contribution in [1.29, 1.82) is 0 Å². The maximum absolute atomic E-state index is 13.7. The number of nitrogens with one attached hydrogen (secondary N) is 1. The summed E-state index contributed by atoms with van der Waals surface area (Å²) in [4.78, 5) is 12.2. The molecule has 2 heterocycles. The summed E-state index contributed by atoms with van der Waals surface area (Å²) in [5, 5.41) is 9.52. The molecule has 1 fully saturated rings. The van der Waals surface area contributed by atoms with Crippen LogP contribution in [0.25, 0.3) is 11.0 Å². The third kappa shape index (κ3) is 3.29. The maximum Gasteiger partial charge on any atom is 0.151 e. The lowest BCUT2D eigenvalue weighted by Gasteiger charge is -2.40. The molecular formula is C16H23FN4O. The second-order valence-corrected chi connectivity index (χ2v) is 6.25. The number of H-pyrrole nitrogens is 1. The van der Waals surface area contributed by atoms with E-state index in [0.29, 0.717) is 24.6 Å². The van der Waals surface area contributed by atoms with Gasteiger partial charge in [0.05, 0.1) is 18.2 Å². The monoisotopic (exact) mass is 306 g/mol. The molecule has 0 spiro atoms. The first-order valence-electron chi connectivity index (χ1n) is 7.80. The van der Waals surface area contributed by atoms with E-state index in [1.807, 2.05) is 13.0 Å². The number of piperazine rings is 1. The van der Waals surface area contributed by atoms with E-state index >= 15 is 0 Å². The van der Waals surface area contributed by atoms with Gasteiger partial charge in [-0.25, -0.2) is 9.37 Å². The third-order valence-electron chi connectivity index (χ3n) is 4.23. The minimum atomic E-state index is -0.299. The molecule has 2 aromatic rings. The average Bonchev–Trinajstić information content (AvgIpc) is 2.85. The molecule has 22 heavy (non-hydrogen) atoms. The van der Waals surface area contributed by atoms with Crippen LogP contribution in [0.15, 0.2) is 18.2 Å². The predicted octanol–water partition coefficient (Wildman–Crippen LogP) is 1.59. The predicted molar refractivity (Wildman–Crippen MR) is 84.0 cm³/mol. The Labute approximate surface area is 129 Å². The number of β-amino-alcohol motifs (C(OH)–C–C–N with tert-alkyl or cyclic N) is 1. The Balaban J connectivity index is 1.65. The normalized spacial score (nSPS) is 22.3. The van der Waals surface area contributed by atoms with E-state index in [1.54, 1.807) is 6.07 Å². The molecule has 2 unspecified atom stereocenters. The topological polar surface area (TPSA) is 55.4 Å². The molecule has 2 atom stereocenters. The van der Waals surface area contributed by atoms with Crippen molar-refractivity contribution in [2.75, 3.05) is 26.2 Å². The Morgan fingerprint density at radius 1 is 1.45 bits per heavy atom. The first-order valence-corrected chi connectivity index (χ1v) is 7.80. The van der Waals surface area contributed by atoms with Crippen molar-refractivity contribution in [3.05, 3.63) is 29.8 Å². The van der Waals surface area contributed by atoms with Crippen LogP contribution in [0, 0.1) is 5.82 Å². The Kier molecular flexibility index (Phi) is 4.42. The van der Waals surface area contributed by atoms with Gasteiger partial charge in [-0.2, -0.15) is 0 Å². The van der Waals surface area contributed by atoms with E-state index in [2.05, 4.69) is 26.7 Å². The van der Waals surface area contributed by atoms with E-state index in [-0.39, 0.29) is 11.9 Å². The molecule has 120 valence electrons. The quantitative estimate of drug-likeness (QED) is 0.901. The number of aromatic nitrogens is 2. The fourth-order valence-corrected chi connectivity index (χ4v) is 3.16. The lowest BCUT2D eigenvalue weighted by Crippen LogP contribution is -2.53. The fraction of sp³-hybridized carbons (Fsp3) is 0.562. The Morgan fingerprint density at radius 3 is 2.95 bits per heavy atom. The van der Waals surface area contributed by atoms with Crippen LogP contribution in [0.2, 0.25) is 0 Å².